The van der Waals surface area contributed by atoms with Gasteiger partial charge in [-0.05, 0) is 43.7 Å². The van der Waals surface area contributed by atoms with Gasteiger partial charge >= 0.3 is 5.95 Å². The van der Waals surface area contributed by atoms with Crippen LogP contribution in [-0.2, 0) is 6.54 Å². The van der Waals surface area contributed by atoms with Gasteiger partial charge < -0.3 is 9.41 Å². The Morgan fingerprint density at radius 2 is 2.00 bits per heavy atom. The SMILES string of the molecule is [C-]#[N+]c1nc(-c2cccc(Cl)c2)c2c(n1)c(C)cn2CC1CCC(C)CC1. The van der Waals surface area contributed by atoms with Crippen LogP contribution in [0.25, 0.3) is 27.1 Å². The molecule has 4 nitrogen and oxygen atoms in total. The van der Waals surface area contributed by atoms with E-state index in [0.717, 1.165) is 40.3 Å². The lowest BCUT2D eigenvalue weighted by Gasteiger charge is -2.26. The molecule has 0 unspecified atom stereocenters. The van der Waals surface area contributed by atoms with E-state index in [1.54, 1.807) is 0 Å². The van der Waals surface area contributed by atoms with Crippen LogP contribution in [0.1, 0.15) is 38.2 Å². The van der Waals surface area contributed by atoms with Crippen molar-refractivity contribution < 1.29 is 0 Å². The Balaban J connectivity index is 1.84. The summed E-state index contributed by atoms with van der Waals surface area (Å²) >= 11 is 6.22. The number of hydrogen-bond acceptors (Lipinski definition) is 2. The van der Waals surface area contributed by atoms with Crippen molar-refractivity contribution >= 4 is 28.6 Å². The lowest BCUT2D eigenvalue weighted by Crippen LogP contribution is -2.17. The minimum absolute atomic E-state index is 0.185. The molecule has 0 N–H and O–H groups in total. The maximum atomic E-state index is 7.39. The monoisotopic (exact) mass is 378 g/mol. The molecule has 138 valence electrons. The van der Waals surface area contributed by atoms with Gasteiger partial charge in [0.25, 0.3) is 0 Å². The summed E-state index contributed by atoms with van der Waals surface area (Å²) < 4.78 is 2.30. The van der Waals surface area contributed by atoms with Crippen LogP contribution in [0.2, 0.25) is 5.02 Å². The number of hydrogen-bond donors (Lipinski definition) is 0. The Morgan fingerprint density at radius 1 is 1.22 bits per heavy atom. The van der Waals surface area contributed by atoms with Gasteiger partial charge in [0.1, 0.15) is 5.52 Å². The van der Waals surface area contributed by atoms with Gasteiger partial charge in [0.15, 0.2) is 11.2 Å². The van der Waals surface area contributed by atoms with Gasteiger partial charge in [-0.2, -0.15) is 0 Å². The van der Waals surface area contributed by atoms with Crippen molar-refractivity contribution in [1.82, 2.24) is 14.5 Å². The van der Waals surface area contributed by atoms with E-state index in [2.05, 4.69) is 39.4 Å². The number of rotatable bonds is 3. The van der Waals surface area contributed by atoms with E-state index in [0.29, 0.717) is 10.9 Å². The molecule has 1 aliphatic rings. The zero-order valence-electron chi connectivity index (χ0n) is 15.7. The van der Waals surface area contributed by atoms with Crippen molar-refractivity contribution in [2.45, 2.75) is 46.1 Å². The molecule has 2 aromatic heterocycles. The highest BCUT2D eigenvalue weighted by molar-refractivity contribution is 6.30. The fourth-order valence-corrected chi connectivity index (χ4v) is 4.36. The molecule has 2 heterocycles. The number of aromatic nitrogens is 3. The van der Waals surface area contributed by atoms with E-state index in [1.165, 1.54) is 25.7 Å². The Morgan fingerprint density at radius 3 is 2.70 bits per heavy atom. The quantitative estimate of drug-likeness (QED) is 0.491. The van der Waals surface area contributed by atoms with Crippen molar-refractivity contribution in [3.63, 3.8) is 0 Å². The third-order valence-corrected chi connectivity index (χ3v) is 5.91. The highest BCUT2D eigenvalue weighted by Gasteiger charge is 2.23. The summed E-state index contributed by atoms with van der Waals surface area (Å²) in [5.41, 5.74) is 4.70. The van der Waals surface area contributed by atoms with Crippen LogP contribution in [0.15, 0.2) is 30.5 Å². The van der Waals surface area contributed by atoms with E-state index in [9.17, 15) is 0 Å². The summed E-state index contributed by atoms with van der Waals surface area (Å²) in [6.45, 7) is 12.8. The molecule has 0 spiro atoms. The maximum Gasteiger partial charge on any atom is 0.372 e. The third kappa shape index (κ3) is 3.57. The predicted octanol–water partition coefficient (Wildman–Crippen LogP) is 6.44. The van der Waals surface area contributed by atoms with Crippen LogP contribution >= 0.6 is 11.6 Å². The van der Waals surface area contributed by atoms with Gasteiger partial charge in [-0.15, -0.1) is 16.5 Å². The van der Waals surface area contributed by atoms with Crippen molar-refractivity contribution in [2.24, 2.45) is 11.8 Å². The minimum Gasteiger partial charge on any atom is -0.394 e. The van der Waals surface area contributed by atoms with Crippen molar-refractivity contribution in [1.29, 1.82) is 0 Å². The van der Waals surface area contributed by atoms with E-state index >= 15 is 0 Å². The van der Waals surface area contributed by atoms with Crippen LogP contribution < -0.4 is 0 Å². The predicted molar refractivity (Wildman–Crippen MR) is 110 cm³/mol. The molecule has 0 saturated heterocycles. The molecule has 0 atom stereocenters. The molecule has 3 aromatic rings. The zero-order valence-corrected chi connectivity index (χ0v) is 16.5. The van der Waals surface area contributed by atoms with E-state index in [1.807, 2.05) is 24.3 Å². The Kier molecular flexibility index (Phi) is 4.88. The van der Waals surface area contributed by atoms with Gasteiger partial charge in [0.05, 0.1) is 0 Å². The van der Waals surface area contributed by atoms with E-state index < -0.39 is 0 Å². The number of nitrogens with zero attached hydrogens (tertiary/aromatic N) is 4. The molecule has 4 rings (SSSR count). The van der Waals surface area contributed by atoms with E-state index in [-0.39, 0.29) is 5.95 Å². The van der Waals surface area contributed by atoms with Crippen molar-refractivity contribution in [2.75, 3.05) is 0 Å². The lowest BCUT2D eigenvalue weighted by molar-refractivity contribution is 0.267. The smallest absolute Gasteiger partial charge is 0.372 e. The summed E-state index contributed by atoms with van der Waals surface area (Å²) in [7, 11) is 0. The number of benzene rings is 1. The van der Waals surface area contributed by atoms with Crippen LogP contribution in [-0.4, -0.2) is 14.5 Å². The van der Waals surface area contributed by atoms with Gasteiger partial charge in [-0.25, -0.2) is 0 Å². The normalized spacial score (nSPS) is 19.9. The molecule has 1 saturated carbocycles. The topological polar surface area (TPSA) is 35.1 Å². The van der Waals surface area contributed by atoms with Crippen LogP contribution in [0.3, 0.4) is 0 Å². The van der Waals surface area contributed by atoms with Gasteiger partial charge in [-0.1, -0.05) is 43.5 Å². The fourth-order valence-electron chi connectivity index (χ4n) is 4.17. The standard InChI is InChI=1S/C22H23ClN4/c1-14-7-9-16(10-8-14)13-27-12-15(2)19-21(27)20(26-22(24-3)25-19)17-5-4-6-18(23)11-17/h4-6,11-12,14,16H,7-10,13H2,1-2H3. The fraction of sp³-hybridized carbons (Fsp3) is 0.409. The molecule has 5 heteroatoms. The number of fused-ring (bicyclic) bond motifs is 1. The first-order valence-electron chi connectivity index (χ1n) is 9.56. The molecule has 27 heavy (non-hydrogen) atoms. The lowest BCUT2D eigenvalue weighted by atomic mass is 9.83. The maximum absolute atomic E-state index is 7.39. The molecule has 1 aliphatic carbocycles. The second-order valence-corrected chi connectivity index (χ2v) is 8.22. The highest BCUT2D eigenvalue weighted by Crippen LogP contribution is 2.35. The van der Waals surface area contributed by atoms with Crippen molar-refractivity contribution in [3.05, 3.63) is 52.5 Å². The van der Waals surface area contributed by atoms with Gasteiger partial charge in [-0.3, -0.25) is 0 Å². The second-order valence-electron chi connectivity index (χ2n) is 7.78. The minimum atomic E-state index is 0.185. The molecular formula is C22H23ClN4. The van der Waals surface area contributed by atoms with Gasteiger partial charge in [0, 0.05) is 28.9 Å². The number of halogens is 1. The zero-order chi connectivity index (χ0) is 19.0. The third-order valence-electron chi connectivity index (χ3n) is 5.67. The largest absolute Gasteiger partial charge is 0.394 e. The molecule has 0 bridgehead atoms. The summed E-state index contributed by atoms with van der Waals surface area (Å²) in [5, 5.41) is 0.666. The molecule has 0 radical (unpaired) electrons. The van der Waals surface area contributed by atoms with E-state index in [4.69, 9.17) is 18.2 Å². The highest BCUT2D eigenvalue weighted by atomic mass is 35.5. The first-order valence-corrected chi connectivity index (χ1v) is 9.94. The first kappa shape index (κ1) is 18.0. The number of aryl methyl sites for hydroxylation is 1. The summed E-state index contributed by atoms with van der Waals surface area (Å²) in [4.78, 5) is 12.6. The van der Waals surface area contributed by atoms with Crippen LogP contribution in [0.4, 0.5) is 5.95 Å². The van der Waals surface area contributed by atoms with Crippen LogP contribution in [0.5, 0.6) is 0 Å². The first-order chi connectivity index (χ1) is 13.0. The molecular weight excluding hydrogens is 356 g/mol. The second kappa shape index (κ2) is 7.32. The average Bonchev–Trinajstić information content (AvgIpc) is 2.98. The Labute approximate surface area is 165 Å². The molecule has 1 fully saturated rings. The average molecular weight is 379 g/mol. The summed E-state index contributed by atoms with van der Waals surface area (Å²) in [5.74, 6) is 1.71. The molecule has 0 aliphatic heterocycles. The van der Waals surface area contributed by atoms with Gasteiger partial charge in [0.2, 0.25) is 0 Å². The molecule has 0 amide bonds. The van der Waals surface area contributed by atoms with Crippen LogP contribution in [0, 0.1) is 25.3 Å². The summed E-state index contributed by atoms with van der Waals surface area (Å²) in [6.07, 6.45) is 7.32. The Hall–Kier alpha value is -2.38. The molecule has 1 aromatic carbocycles. The summed E-state index contributed by atoms with van der Waals surface area (Å²) in [6, 6.07) is 7.68. The Bertz CT molecular complexity index is 1020. The van der Waals surface area contributed by atoms with Crippen molar-refractivity contribution in [3.8, 4) is 11.3 Å².